The van der Waals surface area contributed by atoms with E-state index in [9.17, 15) is 0 Å². The van der Waals surface area contributed by atoms with Gasteiger partial charge in [-0.1, -0.05) is 12.1 Å². The first-order valence-corrected chi connectivity index (χ1v) is 5.80. The zero-order valence-corrected chi connectivity index (χ0v) is 10.0. The highest BCUT2D eigenvalue weighted by Gasteiger charge is 2.31. The molecule has 1 heterocycles. The molecule has 0 unspecified atom stereocenters. The summed E-state index contributed by atoms with van der Waals surface area (Å²) in [5, 5.41) is 0. The highest BCUT2D eigenvalue weighted by molar-refractivity contribution is 5.30. The summed E-state index contributed by atoms with van der Waals surface area (Å²) in [4.78, 5) is 2.39. The lowest BCUT2D eigenvalue weighted by molar-refractivity contribution is 0.279. The van der Waals surface area contributed by atoms with Gasteiger partial charge in [0, 0.05) is 6.04 Å². The maximum atomic E-state index is 5.83. The molecule has 2 N–H and O–H groups in total. The van der Waals surface area contributed by atoms with Gasteiger partial charge in [0.25, 0.3) is 0 Å². The minimum atomic E-state index is 0.468. The van der Waals surface area contributed by atoms with Crippen LogP contribution >= 0.6 is 0 Å². The van der Waals surface area contributed by atoms with Gasteiger partial charge >= 0.3 is 0 Å². The first kappa shape index (κ1) is 11.4. The van der Waals surface area contributed by atoms with Crippen molar-refractivity contribution < 1.29 is 4.74 Å². The van der Waals surface area contributed by atoms with Crippen molar-refractivity contribution in [1.82, 2.24) is 4.90 Å². The van der Waals surface area contributed by atoms with E-state index in [-0.39, 0.29) is 0 Å². The van der Waals surface area contributed by atoms with Gasteiger partial charge in [0.1, 0.15) is 5.75 Å². The second kappa shape index (κ2) is 4.85. The summed E-state index contributed by atoms with van der Waals surface area (Å²) in [6.07, 6.45) is 1.20. The maximum Gasteiger partial charge on any atom is 0.118 e. The van der Waals surface area contributed by atoms with Crippen molar-refractivity contribution in [2.24, 2.45) is 11.7 Å². The first-order chi connectivity index (χ1) is 7.76. The summed E-state index contributed by atoms with van der Waals surface area (Å²) in [6, 6.07) is 8.81. The third-order valence-corrected chi connectivity index (χ3v) is 3.53. The summed E-state index contributed by atoms with van der Waals surface area (Å²) < 4.78 is 5.17. The summed E-state index contributed by atoms with van der Waals surface area (Å²) >= 11 is 0. The molecule has 1 fully saturated rings. The van der Waals surface area contributed by atoms with Crippen LogP contribution in [0, 0.1) is 5.92 Å². The largest absolute Gasteiger partial charge is 0.497 e. The molecule has 0 spiro atoms. The van der Waals surface area contributed by atoms with Crippen molar-refractivity contribution in [1.29, 1.82) is 0 Å². The van der Waals surface area contributed by atoms with Crippen molar-refractivity contribution in [2.75, 3.05) is 27.2 Å². The lowest BCUT2D eigenvalue weighted by atomic mass is 9.94. The summed E-state index contributed by atoms with van der Waals surface area (Å²) in [5.74, 6) is 1.49. The van der Waals surface area contributed by atoms with Crippen LogP contribution < -0.4 is 10.5 Å². The van der Waals surface area contributed by atoms with Crippen molar-refractivity contribution in [2.45, 2.75) is 12.5 Å². The smallest absolute Gasteiger partial charge is 0.118 e. The van der Waals surface area contributed by atoms with Crippen LogP contribution in [0.4, 0.5) is 0 Å². The third kappa shape index (κ3) is 2.06. The van der Waals surface area contributed by atoms with Gasteiger partial charge in [-0.25, -0.2) is 0 Å². The molecule has 0 amide bonds. The van der Waals surface area contributed by atoms with E-state index >= 15 is 0 Å². The standard InChI is InChI=1S/C13H20N2O/c1-15-8-7-11(9-14)13(15)10-3-5-12(16-2)6-4-10/h3-6,11,13H,7-9,14H2,1-2H3/t11-,13+/m1/s1. The van der Waals surface area contributed by atoms with Crippen LogP contribution in [-0.2, 0) is 0 Å². The Morgan fingerprint density at radius 1 is 1.38 bits per heavy atom. The second-order valence-corrected chi connectivity index (χ2v) is 4.48. The Kier molecular flexibility index (Phi) is 3.46. The molecule has 16 heavy (non-hydrogen) atoms. The maximum absolute atomic E-state index is 5.83. The van der Waals surface area contributed by atoms with Gasteiger partial charge < -0.3 is 10.5 Å². The topological polar surface area (TPSA) is 38.5 Å². The molecule has 1 aliphatic heterocycles. The van der Waals surface area contributed by atoms with Gasteiger partial charge in [-0.05, 0) is 50.2 Å². The lowest BCUT2D eigenvalue weighted by Gasteiger charge is -2.24. The molecule has 88 valence electrons. The van der Waals surface area contributed by atoms with E-state index in [1.807, 2.05) is 12.1 Å². The number of ether oxygens (including phenoxy) is 1. The monoisotopic (exact) mass is 220 g/mol. The van der Waals surface area contributed by atoms with Crippen LogP contribution in [0.1, 0.15) is 18.0 Å². The van der Waals surface area contributed by atoms with Gasteiger partial charge in [-0.3, -0.25) is 4.90 Å². The lowest BCUT2D eigenvalue weighted by Crippen LogP contribution is -2.25. The highest BCUT2D eigenvalue weighted by atomic mass is 16.5. The fourth-order valence-corrected chi connectivity index (χ4v) is 2.60. The van der Waals surface area contributed by atoms with E-state index in [2.05, 4.69) is 24.1 Å². The van der Waals surface area contributed by atoms with E-state index in [1.54, 1.807) is 7.11 Å². The Morgan fingerprint density at radius 2 is 2.06 bits per heavy atom. The molecule has 1 saturated heterocycles. The average Bonchev–Trinajstić information content (AvgIpc) is 2.70. The number of benzene rings is 1. The van der Waals surface area contributed by atoms with Gasteiger partial charge in [0.2, 0.25) is 0 Å². The molecular formula is C13H20N2O. The van der Waals surface area contributed by atoms with Crippen LogP contribution in [0.25, 0.3) is 0 Å². The molecule has 3 nitrogen and oxygen atoms in total. The van der Waals surface area contributed by atoms with Gasteiger partial charge in [0.05, 0.1) is 7.11 Å². The molecule has 0 saturated carbocycles. The SMILES string of the molecule is COc1ccc([C@H]2[C@@H](CN)CCN2C)cc1. The van der Waals surface area contributed by atoms with Gasteiger partial charge in [0.15, 0.2) is 0 Å². The van der Waals surface area contributed by atoms with Crippen molar-refractivity contribution in [3.63, 3.8) is 0 Å². The van der Waals surface area contributed by atoms with Crippen molar-refractivity contribution in [3.05, 3.63) is 29.8 Å². The Labute approximate surface area is 97.2 Å². The molecule has 2 rings (SSSR count). The van der Waals surface area contributed by atoms with Gasteiger partial charge in [-0.15, -0.1) is 0 Å². The minimum absolute atomic E-state index is 0.468. The quantitative estimate of drug-likeness (QED) is 0.841. The number of nitrogens with two attached hydrogens (primary N) is 1. The van der Waals surface area contributed by atoms with Crippen LogP contribution in [0.15, 0.2) is 24.3 Å². The van der Waals surface area contributed by atoms with E-state index in [0.29, 0.717) is 12.0 Å². The minimum Gasteiger partial charge on any atom is -0.497 e. The normalized spacial score (nSPS) is 25.9. The number of rotatable bonds is 3. The molecule has 0 aliphatic carbocycles. The van der Waals surface area contributed by atoms with E-state index < -0.39 is 0 Å². The van der Waals surface area contributed by atoms with Crippen LogP contribution in [-0.4, -0.2) is 32.1 Å². The van der Waals surface area contributed by atoms with E-state index in [1.165, 1.54) is 12.0 Å². The fraction of sp³-hybridized carbons (Fsp3) is 0.538. The number of hydrogen-bond acceptors (Lipinski definition) is 3. The van der Waals surface area contributed by atoms with Crippen LogP contribution in [0.3, 0.4) is 0 Å². The molecule has 0 bridgehead atoms. The number of hydrogen-bond donors (Lipinski definition) is 1. The van der Waals surface area contributed by atoms with Crippen molar-refractivity contribution >= 4 is 0 Å². The first-order valence-electron chi connectivity index (χ1n) is 5.80. The number of likely N-dealkylation sites (tertiary alicyclic amines) is 1. The molecule has 2 atom stereocenters. The molecule has 1 aromatic carbocycles. The van der Waals surface area contributed by atoms with Gasteiger partial charge in [-0.2, -0.15) is 0 Å². The number of methoxy groups -OCH3 is 1. The summed E-state index contributed by atoms with van der Waals surface area (Å²) in [6.45, 7) is 1.90. The summed E-state index contributed by atoms with van der Waals surface area (Å²) in [5.41, 5.74) is 7.17. The molecular weight excluding hydrogens is 200 g/mol. The summed E-state index contributed by atoms with van der Waals surface area (Å²) in [7, 11) is 3.87. The van der Waals surface area contributed by atoms with E-state index in [0.717, 1.165) is 18.8 Å². The average molecular weight is 220 g/mol. The van der Waals surface area contributed by atoms with E-state index in [4.69, 9.17) is 10.5 Å². The molecule has 1 aliphatic rings. The van der Waals surface area contributed by atoms with Crippen LogP contribution in [0.2, 0.25) is 0 Å². The Balaban J connectivity index is 2.21. The Morgan fingerprint density at radius 3 is 2.62 bits per heavy atom. The third-order valence-electron chi connectivity index (χ3n) is 3.53. The Bertz CT molecular complexity index is 336. The van der Waals surface area contributed by atoms with Crippen LogP contribution in [0.5, 0.6) is 5.75 Å². The predicted molar refractivity (Wildman–Crippen MR) is 65.5 cm³/mol. The zero-order chi connectivity index (χ0) is 11.5. The van der Waals surface area contributed by atoms with Crippen molar-refractivity contribution in [3.8, 4) is 5.75 Å². The number of nitrogens with zero attached hydrogens (tertiary/aromatic N) is 1. The second-order valence-electron chi connectivity index (χ2n) is 4.48. The Hall–Kier alpha value is -1.06. The zero-order valence-electron chi connectivity index (χ0n) is 10.0. The molecule has 3 heteroatoms. The molecule has 1 aromatic rings. The highest BCUT2D eigenvalue weighted by Crippen LogP contribution is 2.35. The fourth-order valence-electron chi connectivity index (χ4n) is 2.60. The predicted octanol–water partition coefficient (Wildman–Crippen LogP) is 1.65. The molecule has 0 aromatic heterocycles. The molecule has 0 radical (unpaired) electrons.